The molecule has 1 saturated carbocycles. The van der Waals surface area contributed by atoms with E-state index in [4.69, 9.17) is 5.11 Å². The summed E-state index contributed by atoms with van der Waals surface area (Å²) in [6, 6.07) is 7.26. The SMILES string of the molecule is O=C(O)c1ccc(CN2CCC[C@@H](c3nccn3CC3CC3)C2)cc1. The summed E-state index contributed by atoms with van der Waals surface area (Å²) >= 11 is 0. The summed E-state index contributed by atoms with van der Waals surface area (Å²) in [5.74, 6) is 1.74. The molecule has 132 valence electrons. The third kappa shape index (κ3) is 3.93. The van der Waals surface area contributed by atoms with Crippen LogP contribution in [0.25, 0.3) is 0 Å². The van der Waals surface area contributed by atoms with Crippen molar-refractivity contribution in [3.63, 3.8) is 0 Å². The number of benzene rings is 1. The number of hydrogen-bond acceptors (Lipinski definition) is 3. The minimum absolute atomic E-state index is 0.349. The molecule has 0 spiro atoms. The van der Waals surface area contributed by atoms with Crippen LogP contribution in [0, 0.1) is 5.92 Å². The van der Waals surface area contributed by atoms with Crippen molar-refractivity contribution < 1.29 is 9.90 Å². The van der Waals surface area contributed by atoms with E-state index in [1.807, 2.05) is 18.3 Å². The lowest BCUT2D eigenvalue weighted by Gasteiger charge is -2.32. The monoisotopic (exact) mass is 339 g/mol. The number of aromatic nitrogens is 2. The van der Waals surface area contributed by atoms with Crippen LogP contribution in [0.1, 0.15) is 53.3 Å². The Kier molecular flexibility index (Phi) is 4.57. The highest BCUT2D eigenvalue weighted by molar-refractivity contribution is 5.87. The standard InChI is InChI=1S/C20H25N3O2/c24-20(25)17-7-5-15(6-8-17)12-22-10-1-2-18(14-22)19-21-9-11-23(19)13-16-3-4-16/h5-9,11,16,18H,1-4,10,12-14H2,(H,24,25)/t18-/m1/s1. The molecule has 2 heterocycles. The molecule has 1 saturated heterocycles. The maximum absolute atomic E-state index is 11.0. The first-order valence-electron chi connectivity index (χ1n) is 9.24. The van der Waals surface area contributed by atoms with Gasteiger partial charge in [0.15, 0.2) is 0 Å². The first kappa shape index (κ1) is 16.3. The normalized spacial score (nSPS) is 21.4. The van der Waals surface area contributed by atoms with Gasteiger partial charge in [0.05, 0.1) is 5.56 Å². The topological polar surface area (TPSA) is 58.4 Å². The summed E-state index contributed by atoms with van der Waals surface area (Å²) in [4.78, 5) is 18.1. The van der Waals surface area contributed by atoms with E-state index in [2.05, 4.69) is 20.6 Å². The predicted molar refractivity (Wildman–Crippen MR) is 95.6 cm³/mol. The van der Waals surface area contributed by atoms with Gasteiger partial charge in [-0.1, -0.05) is 12.1 Å². The average molecular weight is 339 g/mol. The van der Waals surface area contributed by atoms with Crippen LogP contribution in [0.5, 0.6) is 0 Å². The Morgan fingerprint density at radius 2 is 2.00 bits per heavy atom. The van der Waals surface area contributed by atoms with Crippen molar-refractivity contribution in [1.82, 2.24) is 14.5 Å². The van der Waals surface area contributed by atoms with Gasteiger partial charge in [-0.25, -0.2) is 9.78 Å². The van der Waals surface area contributed by atoms with Crippen molar-refractivity contribution in [2.75, 3.05) is 13.1 Å². The first-order valence-corrected chi connectivity index (χ1v) is 9.24. The molecule has 0 bridgehead atoms. The van der Waals surface area contributed by atoms with Gasteiger partial charge in [-0.2, -0.15) is 0 Å². The maximum atomic E-state index is 11.0. The number of carboxylic acids is 1. The Morgan fingerprint density at radius 3 is 2.72 bits per heavy atom. The van der Waals surface area contributed by atoms with Gasteiger partial charge in [-0.05, 0) is 55.8 Å². The van der Waals surface area contributed by atoms with Crippen LogP contribution in [0.15, 0.2) is 36.7 Å². The molecule has 0 amide bonds. The van der Waals surface area contributed by atoms with Gasteiger partial charge in [0.2, 0.25) is 0 Å². The van der Waals surface area contributed by atoms with E-state index in [-0.39, 0.29) is 0 Å². The molecule has 1 atom stereocenters. The fourth-order valence-corrected chi connectivity index (χ4v) is 3.83. The highest BCUT2D eigenvalue weighted by atomic mass is 16.4. The van der Waals surface area contributed by atoms with E-state index in [9.17, 15) is 4.79 Å². The van der Waals surface area contributed by atoms with Crippen LogP contribution in [0.4, 0.5) is 0 Å². The maximum Gasteiger partial charge on any atom is 0.335 e. The molecule has 1 aromatic carbocycles. The Hall–Kier alpha value is -2.14. The van der Waals surface area contributed by atoms with E-state index in [0.29, 0.717) is 11.5 Å². The highest BCUT2D eigenvalue weighted by Gasteiger charge is 2.27. The molecule has 0 unspecified atom stereocenters. The molecule has 5 nitrogen and oxygen atoms in total. The number of hydrogen-bond donors (Lipinski definition) is 1. The van der Waals surface area contributed by atoms with Crippen LogP contribution in [0.2, 0.25) is 0 Å². The van der Waals surface area contributed by atoms with Gasteiger partial charge >= 0.3 is 5.97 Å². The van der Waals surface area contributed by atoms with Crippen molar-refractivity contribution in [3.8, 4) is 0 Å². The number of carbonyl (C=O) groups is 1. The highest BCUT2D eigenvalue weighted by Crippen LogP contribution is 2.33. The van der Waals surface area contributed by atoms with E-state index in [1.54, 1.807) is 12.1 Å². The molecule has 5 heteroatoms. The van der Waals surface area contributed by atoms with Crippen LogP contribution in [-0.2, 0) is 13.1 Å². The van der Waals surface area contributed by atoms with Crippen molar-refractivity contribution >= 4 is 5.97 Å². The summed E-state index contributed by atoms with van der Waals surface area (Å²) in [5, 5.41) is 9.01. The largest absolute Gasteiger partial charge is 0.478 e. The van der Waals surface area contributed by atoms with Gasteiger partial charge in [0.25, 0.3) is 0 Å². The molecular weight excluding hydrogens is 314 g/mol. The third-order valence-electron chi connectivity index (χ3n) is 5.38. The van der Waals surface area contributed by atoms with E-state index >= 15 is 0 Å². The lowest BCUT2D eigenvalue weighted by Crippen LogP contribution is -2.35. The van der Waals surface area contributed by atoms with Crippen molar-refractivity contribution in [2.24, 2.45) is 5.92 Å². The smallest absolute Gasteiger partial charge is 0.335 e. The second-order valence-electron chi connectivity index (χ2n) is 7.46. The predicted octanol–water partition coefficient (Wildman–Crippen LogP) is 3.37. The molecule has 2 aromatic rings. The number of likely N-dealkylation sites (tertiary alicyclic amines) is 1. The second-order valence-corrected chi connectivity index (χ2v) is 7.46. The van der Waals surface area contributed by atoms with Gasteiger partial charge in [-0.15, -0.1) is 0 Å². The zero-order valence-electron chi connectivity index (χ0n) is 14.5. The number of rotatable bonds is 6. The average Bonchev–Trinajstić information content (AvgIpc) is 3.31. The van der Waals surface area contributed by atoms with Crippen LogP contribution in [-0.4, -0.2) is 38.6 Å². The molecule has 1 N–H and O–H groups in total. The number of piperidine rings is 1. The molecule has 2 aliphatic rings. The van der Waals surface area contributed by atoms with Crippen LogP contribution < -0.4 is 0 Å². The van der Waals surface area contributed by atoms with Crippen molar-refractivity contribution in [3.05, 3.63) is 53.6 Å². The van der Waals surface area contributed by atoms with E-state index in [0.717, 1.165) is 32.1 Å². The Balaban J connectivity index is 1.40. The molecule has 2 fully saturated rings. The summed E-state index contributed by atoms with van der Waals surface area (Å²) in [6.07, 6.45) is 9.20. The zero-order valence-corrected chi connectivity index (χ0v) is 14.5. The quantitative estimate of drug-likeness (QED) is 0.876. The number of carboxylic acid groups (broad SMARTS) is 1. The Bertz CT molecular complexity index is 734. The number of nitrogens with zero attached hydrogens (tertiary/aromatic N) is 3. The van der Waals surface area contributed by atoms with Crippen LogP contribution in [0.3, 0.4) is 0 Å². The molecule has 1 aromatic heterocycles. The molecule has 1 aliphatic carbocycles. The van der Waals surface area contributed by atoms with E-state index in [1.165, 1.54) is 37.1 Å². The van der Waals surface area contributed by atoms with Crippen molar-refractivity contribution in [1.29, 1.82) is 0 Å². The zero-order chi connectivity index (χ0) is 17.2. The lowest BCUT2D eigenvalue weighted by molar-refractivity contribution is 0.0697. The Labute approximate surface area is 148 Å². The molecule has 25 heavy (non-hydrogen) atoms. The van der Waals surface area contributed by atoms with Crippen LogP contribution >= 0.6 is 0 Å². The van der Waals surface area contributed by atoms with Gasteiger partial charge in [0.1, 0.15) is 5.82 Å². The minimum Gasteiger partial charge on any atom is -0.478 e. The summed E-state index contributed by atoms with van der Waals surface area (Å²) in [5.41, 5.74) is 1.52. The minimum atomic E-state index is -0.868. The molecule has 0 radical (unpaired) electrons. The first-order chi connectivity index (χ1) is 12.2. The van der Waals surface area contributed by atoms with Gasteiger partial charge in [-0.3, -0.25) is 4.90 Å². The number of imidazole rings is 1. The fraction of sp³-hybridized carbons (Fsp3) is 0.500. The third-order valence-corrected chi connectivity index (χ3v) is 5.38. The molecular formula is C20H25N3O2. The Morgan fingerprint density at radius 1 is 1.20 bits per heavy atom. The summed E-state index contributed by atoms with van der Waals surface area (Å²) in [7, 11) is 0. The molecule has 1 aliphatic heterocycles. The van der Waals surface area contributed by atoms with Gasteiger partial charge < -0.3 is 9.67 Å². The lowest BCUT2D eigenvalue weighted by atomic mass is 9.96. The number of aromatic carboxylic acids is 1. The molecule has 4 rings (SSSR count). The van der Waals surface area contributed by atoms with Crippen molar-refractivity contribution in [2.45, 2.75) is 44.7 Å². The summed E-state index contributed by atoms with van der Waals surface area (Å²) < 4.78 is 2.37. The van der Waals surface area contributed by atoms with E-state index < -0.39 is 5.97 Å². The van der Waals surface area contributed by atoms with Gasteiger partial charge in [0, 0.05) is 37.9 Å². The fourth-order valence-electron chi connectivity index (χ4n) is 3.83. The summed E-state index contributed by atoms with van der Waals surface area (Å²) in [6.45, 7) is 4.13. The second kappa shape index (κ2) is 7.00.